The standard InChI is InChI=1S/C31H25N3O3/c1-21-12-14-26(33-30(35)25-13-15-28-23(17-25)10-6-16-32-28)19-29(21)34-31(36)24-9-5-11-27(18-24)37-20-22-7-3-2-4-8-22/h2-19H,20H2,1H3,(H,33,35)(H,34,36). The molecule has 1 aromatic heterocycles. The Morgan fingerprint density at radius 2 is 1.57 bits per heavy atom. The van der Waals surface area contributed by atoms with Crippen LogP contribution in [0, 0.1) is 6.92 Å². The summed E-state index contributed by atoms with van der Waals surface area (Å²) in [5, 5.41) is 6.76. The molecular formula is C31H25N3O3. The van der Waals surface area contributed by atoms with Crippen LogP contribution in [0.15, 0.2) is 109 Å². The summed E-state index contributed by atoms with van der Waals surface area (Å²) in [5.41, 5.74) is 4.95. The van der Waals surface area contributed by atoms with Crippen molar-refractivity contribution in [2.24, 2.45) is 0 Å². The number of carbonyl (C=O) groups excluding carboxylic acids is 2. The maximum absolute atomic E-state index is 13.0. The fourth-order valence-electron chi connectivity index (χ4n) is 3.92. The minimum absolute atomic E-state index is 0.241. The van der Waals surface area contributed by atoms with Gasteiger partial charge < -0.3 is 15.4 Å². The average Bonchev–Trinajstić information content (AvgIpc) is 2.94. The molecule has 1 heterocycles. The Morgan fingerprint density at radius 3 is 2.43 bits per heavy atom. The first-order valence-electron chi connectivity index (χ1n) is 11.9. The molecule has 0 aliphatic carbocycles. The van der Waals surface area contributed by atoms with Gasteiger partial charge in [0.15, 0.2) is 0 Å². The van der Waals surface area contributed by atoms with Crippen molar-refractivity contribution in [1.82, 2.24) is 4.98 Å². The van der Waals surface area contributed by atoms with Crippen molar-refractivity contribution in [3.05, 3.63) is 132 Å². The number of anilines is 2. The fraction of sp³-hybridized carbons (Fsp3) is 0.0645. The van der Waals surface area contributed by atoms with E-state index in [0.717, 1.165) is 22.0 Å². The molecule has 0 unspecified atom stereocenters. The van der Waals surface area contributed by atoms with E-state index in [0.29, 0.717) is 34.9 Å². The number of ether oxygens (including phenoxy) is 1. The molecule has 2 N–H and O–H groups in total. The summed E-state index contributed by atoms with van der Waals surface area (Å²) in [6.07, 6.45) is 1.72. The van der Waals surface area contributed by atoms with Crippen molar-refractivity contribution in [3.63, 3.8) is 0 Å². The predicted octanol–water partition coefficient (Wildman–Crippen LogP) is 6.63. The number of benzene rings is 4. The van der Waals surface area contributed by atoms with Gasteiger partial charge in [-0.25, -0.2) is 0 Å². The third-order valence-corrected chi connectivity index (χ3v) is 5.95. The van der Waals surface area contributed by atoms with Crippen LogP contribution in [-0.4, -0.2) is 16.8 Å². The van der Waals surface area contributed by atoms with Crippen LogP contribution in [0.25, 0.3) is 10.9 Å². The van der Waals surface area contributed by atoms with Crippen LogP contribution in [0.1, 0.15) is 31.8 Å². The highest BCUT2D eigenvalue weighted by Crippen LogP contribution is 2.23. The quantitative estimate of drug-likeness (QED) is 0.270. The molecule has 5 rings (SSSR count). The van der Waals surface area contributed by atoms with Crippen molar-refractivity contribution in [1.29, 1.82) is 0 Å². The van der Waals surface area contributed by atoms with Crippen molar-refractivity contribution >= 4 is 34.1 Å². The second-order valence-electron chi connectivity index (χ2n) is 8.65. The Labute approximate surface area is 215 Å². The number of fused-ring (bicyclic) bond motifs is 1. The van der Waals surface area contributed by atoms with Crippen LogP contribution in [0.5, 0.6) is 5.75 Å². The van der Waals surface area contributed by atoms with Crippen LogP contribution in [0.3, 0.4) is 0 Å². The normalized spacial score (nSPS) is 10.6. The minimum atomic E-state index is -0.265. The molecule has 4 aromatic carbocycles. The van der Waals surface area contributed by atoms with Gasteiger partial charge in [-0.2, -0.15) is 0 Å². The maximum atomic E-state index is 13.0. The SMILES string of the molecule is Cc1ccc(NC(=O)c2ccc3ncccc3c2)cc1NC(=O)c1cccc(OCc2ccccc2)c1. The van der Waals surface area contributed by atoms with Gasteiger partial charge in [-0.05, 0) is 72.6 Å². The predicted molar refractivity (Wildman–Crippen MR) is 146 cm³/mol. The Balaban J connectivity index is 1.27. The Morgan fingerprint density at radius 1 is 0.757 bits per heavy atom. The van der Waals surface area contributed by atoms with Gasteiger partial charge in [0.25, 0.3) is 11.8 Å². The number of carbonyl (C=O) groups is 2. The summed E-state index contributed by atoms with van der Waals surface area (Å²) in [4.78, 5) is 30.2. The lowest BCUT2D eigenvalue weighted by Crippen LogP contribution is -2.15. The molecule has 0 saturated carbocycles. The second kappa shape index (κ2) is 10.7. The molecule has 0 fully saturated rings. The first-order valence-corrected chi connectivity index (χ1v) is 11.9. The van der Waals surface area contributed by atoms with E-state index < -0.39 is 0 Å². The van der Waals surface area contributed by atoms with Crippen LogP contribution in [0.4, 0.5) is 11.4 Å². The van der Waals surface area contributed by atoms with Gasteiger partial charge in [-0.15, -0.1) is 0 Å². The Bertz CT molecular complexity index is 1580. The molecule has 0 atom stereocenters. The van der Waals surface area contributed by atoms with Crippen molar-refractivity contribution in [2.75, 3.05) is 10.6 Å². The number of hydrogen-bond donors (Lipinski definition) is 2. The zero-order chi connectivity index (χ0) is 25.6. The first-order chi connectivity index (χ1) is 18.0. The molecule has 0 aliphatic heterocycles. The molecule has 0 aliphatic rings. The van der Waals surface area contributed by atoms with E-state index in [9.17, 15) is 9.59 Å². The number of aromatic nitrogens is 1. The van der Waals surface area contributed by atoms with Gasteiger partial charge in [0.1, 0.15) is 12.4 Å². The maximum Gasteiger partial charge on any atom is 0.255 e. The highest BCUT2D eigenvalue weighted by Gasteiger charge is 2.12. The van der Waals surface area contributed by atoms with Crippen molar-refractivity contribution in [3.8, 4) is 5.75 Å². The van der Waals surface area contributed by atoms with E-state index in [1.807, 2.05) is 73.7 Å². The summed E-state index contributed by atoms with van der Waals surface area (Å²) in [6, 6.07) is 31.5. The average molecular weight is 488 g/mol. The van der Waals surface area contributed by atoms with Gasteiger partial charge in [-0.1, -0.05) is 48.5 Å². The molecule has 5 aromatic rings. The first kappa shape index (κ1) is 23.8. The Hall–Kier alpha value is -4.97. The largest absolute Gasteiger partial charge is 0.489 e. The molecule has 0 radical (unpaired) electrons. The van der Waals surface area contributed by atoms with E-state index in [4.69, 9.17) is 4.74 Å². The topological polar surface area (TPSA) is 80.3 Å². The third kappa shape index (κ3) is 5.82. The number of aryl methyl sites for hydroxylation is 1. The molecule has 0 bridgehead atoms. The van der Waals surface area contributed by atoms with E-state index in [-0.39, 0.29) is 11.8 Å². The Kier molecular flexibility index (Phi) is 6.90. The molecule has 6 heteroatoms. The molecule has 6 nitrogen and oxygen atoms in total. The number of nitrogens with one attached hydrogen (secondary N) is 2. The van der Waals surface area contributed by atoms with Crippen LogP contribution >= 0.6 is 0 Å². The lowest BCUT2D eigenvalue weighted by molar-refractivity contribution is 0.101. The zero-order valence-corrected chi connectivity index (χ0v) is 20.3. The van der Waals surface area contributed by atoms with Crippen LogP contribution < -0.4 is 15.4 Å². The number of rotatable bonds is 7. The van der Waals surface area contributed by atoms with Crippen molar-refractivity contribution in [2.45, 2.75) is 13.5 Å². The third-order valence-electron chi connectivity index (χ3n) is 5.95. The molecule has 0 saturated heterocycles. The van der Waals surface area contributed by atoms with E-state index >= 15 is 0 Å². The fourth-order valence-corrected chi connectivity index (χ4v) is 3.92. The van der Waals surface area contributed by atoms with E-state index in [1.165, 1.54) is 0 Å². The van der Waals surface area contributed by atoms with Gasteiger partial charge in [0.2, 0.25) is 0 Å². The van der Waals surface area contributed by atoms with Crippen LogP contribution in [-0.2, 0) is 6.61 Å². The number of amides is 2. The summed E-state index contributed by atoms with van der Waals surface area (Å²) in [5.74, 6) is 0.105. The summed E-state index contributed by atoms with van der Waals surface area (Å²) in [6.45, 7) is 2.32. The minimum Gasteiger partial charge on any atom is -0.489 e. The smallest absolute Gasteiger partial charge is 0.255 e. The summed E-state index contributed by atoms with van der Waals surface area (Å²) in [7, 11) is 0. The molecule has 182 valence electrons. The molecular weight excluding hydrogens is 462 g/mol. The van der Waals surface area contributed by atoms with Gasteiger partial charge in [0.05, 0.1) is 5.52 Å². The number of pyridine rings is 1. The highest BCUT2D eigenvalue weighted by atomic mass is 16.5. The highest BCUT2D eigenvalue weighted by molar-refractivity contribution is 6.07. The molecule has 37 heavy (non-hydrogen) atoms. The number of nitrogens with zero attached hydrogens (tertiary/aromatic N) is 1. The van der Waals surface area contributed by atoms with E-state index in [1.54, 1.807) is 42.6 Å². The van der Waals surface area contributed by atoms with Gasteiger partial charge in [-0.3, -0.25) is 14.6 Å². The lowest BCUT2D eigenvalue weighted by Gasteiger charge is -2.13. The van der Waals surface area contributed by atoms with Crippen molar-refractivity contribution < 1.29 is 14.3 Å². The summed E-state index contributed by atoms with van der Waals surface area (Å²) < 4.78 is 5.86. The van der Waals surface area contributed by atoms with Crippen LogP contribution in [0.2, 0.25) is 0 Å². The van der Waals surface area contributed by atoms with Gasteiger partial charge in [0, 0.05) is 34.1 Å². The zero-order valence-electron chi connectivity index (χ0n) is 20.3. The molecule has 2 amide bonds. The second-order valence-corrected chi connectivity index (χ2v) is 8.65. The lowest BCUT2D eigenvalue weighted by atomic mass is 10.1. The molecule has 0 spiro atoms. The monoisotopic (exact) mass is 487 g/mol. The number of hydrogen-bond acceptors (Lipinski definition) is 4. The van der Waals surface area contributed by atoms with E-state index in [2.05, 4.69) is 15.6 Å². The summed E-state index contributed by atoms with van der Waals surface area (Å²) >= 11 is 0. The van der Waals surface area contributed by atoms with Gasteiger partial charge >= 0.3 is 0 Å².